The molecule has 1 heterocycles. The van der Waals surface area contributed by atoms with E-state index in [1.807, 2.05) is 18.2 Å². The van der Waals surface area contributed by atoms with Crippen molar-refractivity contribution in [3.8, 4) is 11.5 Å². The van der Waals surface area contributed by atoms with E-state index < -0.39 is 17.1 Å². The van der Waals surface area contributed by atoms with Crippen LogP contribution in [0.4, 0.5) is 0 Å². The topological polar surface area (TPSA) is 70.7 Å². The third-order valence-corrected chi connectivity index (χ3v) is 2.75. The third-order valence-electron chi connectivity index (χ3n) is 2.75. The van der Waals surface area contributed by atoms with E-state index in [0.29, 0.717) is 5.39 Å². The Morgan fingerprint density at radius 3 is 2.53 bits per heavy atom. The predicted octanol–water partition coefficient (Wildman–Crippen LogP) is 2.36. The van der Waals surface area contributed by atoms with Crippen LogP contribution in [0.15, 0.2) is 45.6 Å². The molecule has 84 valence electrons. The van der Waals surface area contributed by atoms with Gasteiger partial charge in [0.2, 0.25) is 5.75 Å². The molecule has 2 N–H and O–H groups in total. The van der Waals surface area contributed by atoms with Crippen molar-refractivity contribution in [3.05, 3.63) is 46.8 Å². The number of hydrogen-bond donors (Lipinski definition) is 2. The summed E-state index contributed by atoms with van der Waals surface area (Å²) in [7, 11) is 0. The Bertz CT molecular complexity index is 786. The van der Waals surface area contributed by atoms with Crippen LogP contribution in [-0.4, -0.2) is 10.2 Å². The molecule has 4 nitrogen and oxygen atoms in total. The van der Waals surface area contributed by atoms with Gasteiger partial charge in [-0.25, -0.2) is 4.79 Å². The quantitative estimate of drug-likeness (QED) is 0.457. The van der Waals surface area contributed by atoms with Gasteiger partial charge >= 0.3 is 5.63 Å². The molecular formula is C13H8O4. The van der Waals surface area contributed by atoms with Crippen LogP contribution in [0.25, 0.3) is 21.7 Å². The number of aromatic hydroxyl groups is 2. The van der Waals surface area contributed by atoms with Crippen molar-refractivity contribution in [2.45, 2.75) is 0 Å². The summed E-state index contributed by atoms with van der Waals surface area (Å²) in [6.45, 7) is 0. The fourth-order valence-corrected chi connectivity index (χ4v) is 1.94. The zero-order valence-electron chi connectivity index (χ0n) is 8.68. The van der Waals surface area contributed by atoms with Crippen molar-refractivity contribution >= 4 is 21.7 Å². The molecule has 0 amide bonds. The van der Waals surface area contributed by atoms with Crippen LogP contribution < -0.4 is 5.63 Å². The Labute approximate surface area is 95.3 Å². The first-order valence-electron chi connectivity index (χ1n) is 5.05. The maximum atomic E-state index is 11.2. The lowest BCUT2D eigenvalue weighted by Gasteiger charge is -2.05. The monoisotopic (exact) mass is 228 g/mol. The summed E-state index contributed by atoms with van der Waals surface area (Å²) in [4.78, 5) is 11.2. The Morgan fingerprint density at radius 1 is 0.941 bits per heavy atom. The van der Waals surface area contributed by atoms with E-state index >= 15 is 0 Å². The zero-order chi connectivity index (χ0) is 12.0. The third kappa shape index (κ3) is 1.27. The van der Waals surface area contributed by atoms with Crippen molar-refractivity contribution in [2.24, 2.45) is 0 Å². The van der Waals surface area contributed by atoms with Gasteiger partial charge in [0.25, 0.3) is 0 Å². The van der Waals surface area contributed by atoms with Gasteiger partial charge in [0.1, 0.15) is 5.58 Å². The predicted molar refractivity (Wildman–Crippen MR) is 63.3 cm³/mol. The lowest BCUT2D eigenvalue weighted by molar-refractivity contribution is 0.378. The summed E-state index contributed by atoms with van der Waals surface area (Å²) in [6.07, 6.45) is 0. The largest absolute Gasteiger partial charge is 0.504 e. The SMILES string of the molecule is O=c1oc2ccc3ccccc3c2c(O)c1O. The Hall–Kier alpha value is -2.49. The lowest BCUT2D eigenvalue weighted by atomic mass is 10.1. The maximum absolute atomic E-state index is 11.2. The number of benzene rings is 2. The molecule has 0 saturated heterocycles. The standard InChI is InChI=1S/C13H8O4/c14-11-10-8-4-2-1-3-7(8)5-6-9(10)17-13(16)12(11)15/h1-6,14-15H. The average molecular weight is 228 g/mol. The first kappa shape index (κ1) is 9.72. The highest BCUT2D eigenvalue weighted by Crippen LogP contribution is 2.35. The number of fused-ring (bicyclic) bond motifs is 3. The molecule has 0 aliphatic heterocycles. The minimum atomic E-state index is -0.940. The molecule has 2 aromatic carbocycles. The van der Waals surface area contributed by atoms with E-state index in [4.69, 9.17) is 4.42 Å². The van der Waals surface area contributed by atoms with Gasteiger partial charge < -0.3 is 14.6 Å². The molecule has 0 fully saturated rings. The molecule has 4 heteroatoms. The Morgan fingerprint density at radius 2 is 1.71 bits per heavy atom. The Balaban J connectivity index is 2.67. The second-order valence-corrected chi connectivity index (χ2v) is 3.75. The average Bonchev–Trinajstić information content (AvgIpc) is 2.35. The van der Waals surface area contributed by atoms with Gasteiger partial charge in [-0.15, -0.1) is 0 Å². The van der Waals surface area contributed by atoms with Gasteiger partial charge in [-0.3, -0.25) is 0 Å². The molecule has 1 aromatic heterocycles. The van der Waals surface area contributed by atoms with Crippen LogP contribution in [0.1, 0.15) is 0 Å². The number of rotatable bonds is 0. The van der Waals surface area contributed by atoms with Gasteiger partial charge in [-0.1, -0.05) is 30.3 Å². The molecule has 0 bridgehead atoms. The van der Waals surface area contributed by atoms with Crippen LogP contribution in [0.5, 0.6) is 11.5 Å². The molecule has 3 rings (SSSR count). The summed E-state index contributed by atoms with van der Waals surface area (Å²) >= 11 is 0. The molecular weight excluding hydrogens is 220 g/mol. The first-order valence-corrected chi connectivity index (χ1v) is 5.05. The van der Waals surface area contributed by atoms with Crippen LogP contribution in [0, 0.1) is 0 Å². The van der Waals surface area contributed by atoms with Gasteiger partial charge in [-0.2, -0.15) is 0 Å². The highest BCUT2D eigenvalue weighted by atomic mass is 16.4. The molecule has 17 heavy (non-hydrogen) atoms. The van der Waals surface area contributed by atoms with Crippen LogP contribution in [0.3, 0.4) is 0 Å². The summed E-state index contributed by atoms with van der Waals surface area (Å²) in [5.74, 6) is -1.19. The van der Waals surface area contributed by atoms with Gasteiger partial charge in [0.05, 0.1) is 5.39 Å². The van der Waals surface area contributed by atoms with Crippen molar-refractivity contribution < 1.29 is 14.6 Å². The highest BCUT2D eigenvalue weighted by Gasteiger charge is 2.14. The molecule has 0 aliphatic carbocycles. The molecule has 0 radical (unpaired) electrons. The van der Waals surface area contributed by atoms with E-state index in [0.717, 1.165) is 10.8 Å². The fourth-order valence-electron chi connectivity index (χ4n) is 1.94. The van der Waals surface area contributed by atoms with Crippen molar-refractivity contribution in [2.75, 3.05) is 0 Å². The summed E-state index contributed by atoms with van der Waals surface area (Å²) in [5.41, 5.74) is -0.686. The van der Waals surface area contributed by atoms with Gasteiger partial charge in [0.15, 0.2) is 5.75 Å². The van der Waals surface area contributed by atoms with Crippen molar-refractivity contribution in [1.82, 2.24) is 0 Å². The molecule has 0 saturated carbocycles. The maximum Gasteiger partial charge on any atom is 0.382 e. The van der Waals surface area contributed by atoms with Crippen LogP contribution in [0.2, 0.25) is 0 Å². The van der Waals surface area contributed by atoms with Crippen LogP contribution >= 0.6 is 0 Å². The highest BCUT2D eigenvalue weighted by molar-refractivity contribution is 6.09. The van der Waals surface area contributed by atoms with E-state index in [9.17, 15) is 15.0 Å². The lowest BCUT2D eigenvalue weighted by Crippen LogP contribution is -1.98. The normalized spacial score (nSPS) is 11.1. The van der Waals surface area contributed by atoms with E-state index in [1.54, 1.807) is 18.2 Å². The molecule has 0 spiro atoms. The second kappa shape index (κ2) is 3.25. The Kier molecular flexibility index (Phi) is 1.86. The molecule has 0 atom stereocenters. The van der Waals surface area contributed by atoms with Crippen LogP contribution in [-0.2, 0) is 0 Å². The fraction of sp³-hybridized carbons (Fsp3) is 0. The summed E-state index contributed by atoms with van der Waals surface area (Å²) < 4.78 is 4.92. The zero-order valence-corrected chi connectivity index (χ0v) is 8.68. The van der Waals surface area contributed by atoms with Gasteiger partial charge in [-0.05, 0) is 16.8 Å². The van der Waals surface area contributed by atoms with E-state index in [1.165, 1.54) is 0 Å². The summed E-state index contributed by atoms with van der Waals surface area (Å²) in [6, 6.07) is 10.7. The van der Waals surface area contributed by atoms with E-state index in [2.05, 4.69) is 0 Å². The molecule has 0 aliphatic rings. The summed E-state index contributed by atoms with van der Waals surface area (Å²) in [5, 5.41) is 21.2. The minimum absolute atomic E-state index is 0.254. The minimum Gasteiger partial charge on any atom is -0.504 e. The molecule has 0 unspecified atom stereocenters. The number of hydrogen-bond acceptors (Lipinski definition) is 4. The van der Waals surface area contributed by atoms with Crippen molar-refractivity contribution in [3.63, 3.8) is 0 Å². The van der Waals surface area contributed by atoms with E-state index in [-0.39, 0.29) is 5.58 Å². The second-order valence-electron chi connectivity index (χ2n) is 3.75. The van der Waals surface area contributed by atoms with Gasteiger partial charge in [0, 0.05) is 0 Å². The molecule has 3 aromatic rings. The first-order chi connectivity index (χ1) is 8.18. The van der Waals surface area contributed by atoms with Crippen molar-refractivity contribution in [1.29, 1.82) is 0 Å². The smallest absolute Gasteiger partial charge is 0.382 e.